The van der Waals surface area contributed by atoms with Crippen molar-refractivity contribution in [3.63, 3.8) is 0 Å². The highest BCUT2D eigenvalue weighted by atomic mass is 19.1. The van der Waals surface area contributed by atoms with Gasteiger partial charge in [0.25, 0.3) is 0 Å². The first kappa shape index (κ1) is 21.2. The van der Waals surface area contributed by atoms with Crippen LogP contribution in [0.1, 0.15) is 57.4 Å². The average Bonchev–Trinajstić information content (AvgIpc) is 3.30. The highest BCUT2D eigenvalue weighted by Crippen LogP contribution is 2.72. The number of allylic oxidation sites excluding steroid dienone is 2. The molecule has 3 heterocycles. The molecule has 1 aromatic heterocycles. The molecule has 2 spiro atoms. The van der Waals surface area contributed by atoms with E-state index < -0.39 is 29.1 Å². The van der Waals surface area contributed by atoms with Crippen molar-refractivity contribution >= 4 is 5.57 Å². The van der Waals surface area contributed by atoms with Crippen molar-refractivity contribution in [2.75, 3.05) is 14.1 Å². The minimum atomic E-state index is -1.47. The lowest BCUT2D eigenvalue weighted by Gasteiger charge is -2.64. The molecule has 2 bridgehead atoms. The number of aliphatic hydroxyl groups is 2. The van der Waals surface area contributed by atoms with Crippen LogP contribution in [-0.2, 0) is 4.74 Å². The van der Waals surface area contributed by atoms with Crippen LogP contribution in [0, 0.1) is 17.3 Å². The van der Waals surface area contributed by atoms with E-state index in [1.165, 1.54) is 5.57 Å². The molecule has 5 nitrogen and oxygen atoms in total. The van der Waals surface area contributed by atoms with Crippen molar-refractivity contribution in [1.29, 1.82) is 0 Å². The summed E-state index contributed by atoms with van der Waals surface area (Å²) in [5.41, 5.74) is -0.584. The first-order chi connectivity index (χ1) is 15.2. The lowest BCUT2D eigenvalue weighted by atomic mass is 9.51. The standard InChI is InChI=1S/C26H35FN2O3/c1-23-8-10-25(27)13-18-21(30)22(31)19(29(2)3)14-24(18)9-11-26(25,32-24)20(23)7-6-17(23)16-5-4-12-28-15-16/h4-6,12,15,18-22,30-31H,7-11,13-14H2,1-3H3. The molecule has 2 saturated heterocycles. The first-order valence-corrected chi connectivity index (χ1v) is 12.2. The van der Waals surface area contributed by atoms with E-state index in [1.807, 2.05) is 31.3 Å². The van der Waals surface area contributed by atoms with Gasteiger partial charge in [0, 0.05) is 30.3 Å². The van der Waals surface area contributed by atoms with Gasteiger partial charge >= 0.3 is 0 Å². The maximum atomic E-state index is 17.0. The number of likely N-dealkylation sites (N-methyl/N-ethyl adjacent to an activating group) is 1. The summed E-state index contributed by atoms with van der Waals surface area (Å²) in [6.07, 6.45) is 8.57. The van der Waals surface area contributed by atoms with Gasteiger partial charge in [-0.2, -0.15) is 0 Å². The summed E-state index contributed by atoms with van der Waals surface area (Å²) < 4.78 is 24.0. The number of halogens is 1. The van der Waals surface area contributed by atoms with Gasteiger partial charge in [0.05, 0.1) is 17.8 Å². The number of aromatic nitrogens is 1. The van der Waals surface area contributed by atoms with Crippen LogP contribution in [-0.4, -0.2) is 69.3 Å². The maximum Gasteiger partial charge on any atom is 0.140 e. The van der Waals surface area contributed by atoms with Crippen LogP contribution >= 0.6 is 0 Å². The zero-order valence-corrected chi connectivity index (χ0v) is 19.3. The molecule has 6 heteroatoms. The minimum absolute atomic E-state index is 0.0751. The Bertz CT molecular complexity index is 956. The van der Waals surface area contributed by atoms with Crippen LogP contribution in [0.3, 0.4) is 0 Å². The smallest absolute Gasteiger partial charge is 0.140 e. The van der Waals surface area contributed by atoms with Gasteiger partial charge < -0.3 is 19.8 Å². The molecule has 0 amide bonds. The quantitative estimate of drug-likeness (QED) is 0.735. The molecule has 2 N–H and O–H groups in total. The number of fused-ring (bicyclic) bond motifs is 1. The van der Waals surface area contributed by atoms with Crippen molar-refractivity contribution in [3.05, 3.63) is 36.2 Å². The molecule has 3 aliphatic carbocycles. The van der Waals surface area contributed by atoms with Crippen LogP contribution in [0.5, 0.6) is 0 Å². The summed E-state index contributed by atoms with van der Waals surface area (Å²) in [6.45, 7) is 2.29. The van der Waals surface area contributed by atoms with Crippen LogP contribution in [0.25, 0.3) is 5.57 Å². The Labute approximate surface area is 189 Å². The number of alkyl halides is 1. The highest BCUT2D eigenvalue weighted by Gasteiger charge is 2.77. The SMILES string of the molecule is CN(C)C1CC23CCC4(O2)C2CC=C(c5cccnc5)C2(C)CCC4(F)CC3C(O)C1O. The van der Waals surface area contributed by atoms with Crippen LogP contribution < -0.4 is 0 Å². The molecule has 174 valence electrons. The zero-order chi connectivity index (χ0) is 22.5. The molecule has 4 fully saturated rings. The summed E-state index contributed by atoms with van der Waals surface area (Å²) in [7, 11) is 3.87. The summed E-state index contributed by atoms with van der Waals surface area (Å²) in [4.78, 5) is 6.31. The Hall–Kier alpha value is -1.34. The van der Waals surface area contributed by atoms with E-state index in [0.717, 1.165) is 24.8 Å². The number of pyridine rings is 1. The number of aliphatic hydroxyl groups excluding tert-OH is 2. The Morgan fingerprint density at radius 3 is 2.66 bits per heavy atom. The van der Waals surface area contributed by atoms with Gasteiger partial charge in [-0.15, -0.1) is 0 Å². The van der Waals surface area contributed by atoms with Gasteiger partial charge in [-0.05, 0) is 81.7 Å². The second kappa shape index (κ2) is 6.62. The number of rotatable bonds is 2. The highest BCUT2D eigenvalue weighted by molar-refractivity contribution is 5.73. The van der Waals surface area contributed by atoms with Crippen molar-refractivity contribution < 1.29 is 19.3 Å². The van der Waals surface area contributed by atoms with E-state index in [0.29, 0.717) is 25.7 Å². The Morgan fingerprint density at radius 1 is 1.12 bits per heavy atom. The number of hydrogen-bond donors (Lipinski definition) is 2. The van der Waals surface area contributed by atoms with Gasteiger partial charge in [-0.3, -0.25) is 4.98 Å². The molecular formula is C26H35FN2O3. The lowest BCUT2D eigenvalue weighted by molar-refractivity contribution is -0.314. The molecule has 2 aliphatic heterocycles. The number of ether oxygens (including phenoxy) is 1. The van der Waals surface area contributed by atoms with Gasteiger partial charge in [0.1, 0.15) is 11.3 Å². The Balaban J connectivity index is 1.40. The van der Waals surface area contributed by atoms with Crippen LogP contribution in [0.2, 0.25) is 0 Å². The molecule has 9 atom stereocenters. The molecule has 32 heavy (non-hydrogen) atoms. The van der Waals surface area contributed by atoms with Crippen LogP contribution in [0.15, 0.2) is 30.6 Å². The van der Waals surface area contributed by atoms with E-state index in [9.17, 15) is 10.2 Å². The molecule has 0 aromatic carbocycles. The second-order valence-corrected chi connectivity index (χ2v) is 11.6. The monoisotopic (exact) mass is 442 g/mol. The molecule has 0 radical (unpaired) electrons. The fourth-order valence-electron chi connectivity index (χ4n) is 8.53. The van der Waals surface area contributed by atoms with Crippen molar-refractivity contribution in [3.8, 4) is 0 Å². The average molecular weight is 443 g/mol. The topological polar surface area (TPSA) is 65.8 Å². The van der Waals surface area contributed by atoms with E-state index in [2.05, 4.69) is 24.1 Å². The maximum absolute atomic E-state index is 17.0. The largest absolute Gasteiger partial charge is 0.390 e. The normalized spacial score (nSPS) is 51.7. The Morgan fingerprint density at radius 2 is 1.94 bits per heavy atom. The molecule has 1 aromatic rings. The predicted molar refractivity (Wildman–Crippen MR) is 119 cm³/mol. The third-order valence-electron chi connectivity index (χ3n) is 10.2. The van der Waals surface area contributed by atoms with Crippen molar-refractivity contribution in [2.24, 2.45) is 17.3 Å². The third kappa shape index (κ3) is 2.45. The summed E-state index contributed by atoms with van der Waals surface area (Å²) in [5.74, 6) is -0.281. The fraction of sp³-hybridized carbons (Fsp3) is 0.731. The van der Waals surface area contributed by atoms with E-state index in [1.54, 1.807) is 6.20 Å². The Kier molecular flexibility index (Phi) is 4.39. The zero-order valence-electron chi connectivity index (χ0n) is 19.3. The third-order valence-corrected chi connectivity index (χ3v) is 10.2. The molecule has 9 unspecified atom stereocenters. The predicted octanol–water partition coefficient (Wildman–Crippen LogP) is 3.36. The summed E-state index contributed by atoms with van der Waals surface area (Å²) >= 11 is 0. The van der Waals surface area contributed by atoms with Gasteiger partial charge in [-0.1, -0.05) is 19.1 Å². The van der Waals surface area contributed by atoms with Gasteiger partial charge in [-0.25, -0.2) is 4.39 Å². The van der Waals surface area contributed by atoms with E-state index in [-0.39, 0.29) is 23.3 Å². The van der Waals surface area contributed by atoms with Crippen molar-refractivity contribution in [1.82, 2.24) is 9.88 Å². The lowest BCUT2D eigenvalue weighted by Crippen LogP contribution is -2.72. The summed E-state index contributed by atoms with van der Waals surface area (Å²) in [6, 6.07) is 3.89. The van der Waals surface area contributed by atoms with Gasteiger partial charge in [0.15, 0.2) is 0 Å². The van der Waals surface area contributed by atoms with E-state index >= 15 is 4.39 Å². The molecule has 5 aliphatic rings. The molecule has 6 rings (SSSR count). The number of nitrogens with zero attached hydrogens (tertiary/aromatic N) is 2. The van der Waals surface area contributed by atoms with Gasteiger partial charge in [0.2, 0.25) is 0 Å². The first-order valence-electron chi connectivity index (χ1n) is 12.2. The van der Waals surface area contributed by atoms with Crippen molar-refractivity contribution in [2.45, 2.75) is 87.0 Å². The van der Waals surface area contributed by atoms with Crippen LogP contribution in [0.4, 0.5) is 4.39 Å². The summed E-state index contributed by atoms with van der Waals surface area (Å²) in [5, 5.41) is 21.9. The second-order valence-electron chi connectivity index (χ2n) is 11.6. The number of hydrogen-bond acceptors (Lipinski definition) is 5. The fourth-order valence-corrected chi connectivity index (χ4v) is 8.53. The minimum Gasteiger partial charge on any atom is -0.390 e. The van der Waals surface area contributed by atoms with E-state index in [4.69, 9.17) is 4.74 Å². The molecular weight excluding hydrogens is 407 g/mol. The molecule has 2 saturated carbocycles.